The van der Waals surface area contributed by atoms with Crippen molar-refractivity contribution in [2.24, 2.45) is 23.2 Å². The first-order valence-corrected chi connectivity index (χ1v) is 9.06. The van der Waals surface area contributed by atoms with E-state index in [9.17, 15) is 9.90 Å². The number of esters is 1. The number of carbonyl (C=O) groups excluding carboxylic acids is 1. The highest BCUT2D eigenvalue weighted by molar-refractivity contribution is 6.49. The van der Waals surface area contributed by atoms with Crippen LogP contribution in [0.25, 0.3) is 0 Å². The first kappa shape index (κ1) is 18.6. The van der Waals surface area contributed by atoms with E-state index in [2.05, 4.69) is 0 Å². The maximum absolute atomic E-state index is 12.2. The molecule has 22 heavy (non-hydrogen) atoms. The molecule has 0 aromatic heterocycles. The number of alkyl halides is 3. The van der Waals surface area contributed by atoms with Crippen molar-refractivity contribution in [2.45, 2.75) is 55.7 Å². The number of aliphatic hydroxyl groups is 1. The average molecular weight is 372 g/mol. The molecule has 0 saturated heterocycles. The van der Waals surface area contributed by atoms with Gasteiger partial charge in [-0.25, -0.2) is 0 Å². The van der Waals surface area contributed by atoms with Crippen LogP contribution in [0.15, 0.2) is 0 Å². The zero-order chi connectivity index (χ0) is 16.8. The maximum atomic E-state index is 12.2. The SMILES string of the molecule is CCC(C)(CC1C(C(=O)OCC2CC2)C1(C)Cl)C(Cl)(Cl)CO. The van der Waals surface area contributed by atoms with Gasteiger partial charge in [0.25, 0.3) is 0 Å². The van der Waals surface area contributed by atoms with Gasteiger partial charge in [-0.1, -0.05) is 37.0 Å². The smallest absolute Gasteiger partial charge is 0.311 e. The summed E-state index contributed by atoms with van der Waals surface area (Å²) in [7, 11) is 0. The van der Waals surface area contributed by atoms with Gasteiger partial charge >= 0.3 is 5.97 Å². The topological polar surface area (TPSA) is 46.5 Å². The second-order valence-corrected chi connectivity index (χ2v) is 9.59. The number of aliphatic hydroxyl groups excluding tert-OH is 1. The molecule has 0 aromatic rings. The summed E-state index contributed by atoms with van der Waals surface area (Å²) >= 11 is 19.1. The number of halogens is 3. The van der Waals surface area contributed by atoms with Crippen molar-refractivity contribution < 1.29 is 14.6 Å². The third kappa shape index (κ3) is 3.53. The molecule has 3 nitrogen and oxygen atoms in total. The van der Waals surface area contributed by atoms with Crippen molar-refractivity contribution in [3.63, 3.8) is 0 Å². The summed E-state index contributed by atoms with van der Waals surface area (Å²) in [6.45, 7) is 5.95. The van der Waals surface area contributed by atoms with Gasteiger partial charge in [0.15, 0.2) is 0 Å². The minimum absolute atomic E-state index is 0.0331. The fourth-order valence-corrected chi connectivity index (χ4v) is 3.88. The minimum Gasteiger partial charge on any atom is -0.465 e. The monoisotopic (exact) mass is 370 g/mol. The summed E-state index contributed by atoms with van der Waals surface area (Å²) in [6, 6.07) is 0. The van der Waals surface area contributed by atoms with Crippen LogP contribution in [0.5, 0.6) is 0 Å². The predicted octanol–water partition coefficient (Wildman–Crippen LogP) is 4.16. The third-order valence-electron chi connectivity index (χ3n) is 5.57. The molecule has 0 spiro atoms. The molecule has 0 radical (unpaired) electrons. The molecule has 2 saturated carbocycles. The molecule has 4 unspecified atom stereocenters. The van der Waals surface area contributed by atoms with Crippen molar-refractivity contribution in [3.8, 4) is 0 Å². The van der Waals surface area contributed by atoms with E-state index in [4.69, 9.17) is 39.5 Å². The summed E-state index contributed by atoms with van der Waals surface area (Å²) in [5, 5.41) is 9.46. The van der Waals surface area contributed by atoms with Crippen LogP contribution in [0.1, 0.15) is 46.5 Å². The Balaban J connectivity index is 2.00. The number of hydrogen-bond acceptors (Lipinski definition) is 3. The van der Waals surface area contributed by atoms with Gasteiger partial charge in [0.1, 0.15) is 4.33 Å². The maximum Gasteiger partial charge on any atom is 0.311 e. The standard InChI is InChI=1S/C16H25Cl3O3/c1-4-14(2,16(18,19)9-20)7-11-12(15(11,3)17)13(21)22-8-10-5-6-10/h10-12,20H,4-9H2,1-3H3. The van der Waals surface area contributed by atoms with E-state index in [0.29, 0.717) is 25.4 Å². The highest BCUT2D eigenvalue weighted by Crippen LogP contribution is 2.63. The molecular weight excluding hydrogens is 347 g/mol. The first-order chi connectivity index (χ1) is 10.1. The van der Waals surface area contributed by atoms with E-state index in [0.717, 1.165) is 12.8 Å². The Morgan fingerprint density at radius 1 is 1.41 bits per heavy atom. The Kier molecular flexibility index (Phi) is 5.34. The lowest BCUT2D eigenvalue weighted by Gasteiger charge is -2.39. The van der Waals surface area contributed by atoms with Crippen LogP contribution in [0.4, 0.5) is 0 Å². The summed E-state index contributed by atoms with van der Waals surface area (Å²) in [6.07, 6.45) is 3.56. The Morgan fingerprint density at radius 3 is 2.45 bits per heavy atom. The summed E-state index contributed by atoms with van der Waals surface area (Å²) in [5.74, 6) is -0.0289. The van der Waals surface area contributed by atoms with E-state index in [1.165, 1.54) is 0 Å². The summed E-state index contributed by atoms with van der Waals surface area (Å²) in [4.78, 5) is 11.6. The molecule has 128 valence electrons. The summed E-state index contributed by atoms with van der Waals surface area (Å²) in [5.41, 5.74) is -0.517. The third-order valence-corrected chi connectivity index (χ3v) is 7.24. The van der Waals surface area contributed by atoms with E-state index in [1.54, 1.807) is 0 Å². The van der Waals surface area contributed by atoms with Crippen LogP contribution in [0.3, 0.4) is 0 Å². The molecule has 6 heteroatoms. The van der Waals surface area contributed by atoms with Crippen LogP contribution >= 0.6 is 34.8 Å². The zero-order valence-corrected chi connectivity index (χ0v) is 15.6. The van der Waals surface area contributed by atoms with Crippen molar-refractivity contribution >= 4 is 40.8 Å². The van der Waals surface area contributed by atoms with Gasteiger partial charge in [0.05, 0.1) is 24.0 Å². The first-order valence-electron chi connectivity index (χ1n) is 7.93. The van der Waals surface area contributed by atoms with E-state index < -0.39 is 14.6 Å². The molecule has 2 fully saturated rings. The van der Waals surface area contributed by atoms with E-state index in [-0.39, 0.29) is 24.4 Å². The van der Waals surface area contributed by atoms with Crippen LogP contribution in [-0.2, 0) is 9.53 Å². The van der Waals surface area contributed by atoms with E-state index in [1.807, 2.05) is 20.8 Å². The molecule has 2 aliphatic rings. The Morgan fingerprint density at radius 2 is 2.00 bits per heavy atom. The second kappa shape index (κ2) is 6.31. The van der Waals surface area contributed by atoms with Gasteiger partial charge in [0, 0.05) is 5.41 Å². The Labute approximate surface area is 147 Å². The number of ether oxygens (including phenoxy) is 1. The fourth-order valence-electron chi connectivity index (χ4n) is 3.08. The molecule has 4 atom stereocenters. The van der Waals surface area contributed by atoms with Crippen LogP contribution < -0.4 is 0 Å². The van der Waals surface area contributed by atoms with Gasteiger partial charge in [-0.05, 0) is 44.4 Å². The average Bonchev–Trinajstić information content (AvgIpc) is 3.35. The quantitative estimate of drug-likeness (QED) is 0.515. The largest absolute Gasteiger partial charge is 0.465 e. The molecule has 0 amide bonds. The van der Waals surface area contributed by atoms with Gasteiger partial charge in [-0.2, -0.15) is 0 Å². The van der Waals surface area contributed by atoms with Gasteiger partial charge in [0.2, 0.25) is 0 Å². The number of carbonyl (C=O) groups is 1. The molecule has 0 aromatic carbocycles. The highest BCUT2D eigenvalue weighted by atomic mass is 35.5. The van der Waals surface area contributed by atoms with E-state index >= 15 is 0 Å². The predicted molar refractivity (Wildman–Crippen MR) is 89.5 cm³/mol. The molecule has 0 bridgehead atoms. The molecular formula is C16H25Cl3O3. The van der Waals surface area contributed by atoms with Crippen molar-refractivity contribution in [3.05, 3.63) is 0 Å². The highest BCUT2D eigenvalue weighted by Gasteiger charge is 2.67. The molecule has 1 N–H and O–H groups in total. The van der Waals surface area contributed by atoms with Gasteiger partial charge in [-0.3, -0.25) is 4.79 Å². The number of hydrogen-bond donors (Lipinski definition) is 1. The molecule has 2 rings (SSSR count). The Bertz CT molecular complexity index is 434. The van der Waals surface area contributed by atoms with Crippen molar-refractivity contribution in [1.29, 1.82) is 0 Å². The van der Waals surface area contributed by atoms with Crippen LogP contribution in [0.2, 0.25) is 0 Å². The van der Waals surface area contributed by atoms with Crippen molar-refractivity contribution in [2.75, 3.05) is 13.2 Å². The van der Waals surface area contributed by atoms with Crippen LogP contribution in [-0.4, -0.2) is 33.5 Å². The van der Waals surface area contributed by atoms with Gasteiger partial charge < -0.3 is 9.84 Å². The van der Waals surface area contributed by atoms with Crippen molar-refractivity contribution in [1.82, 2.24) is 0 Å². The fraction of sp³-hybridized carbons (Fsp3) is 0.938. The minimum atomic E-state index is -1.25. The lowest BCUT2D eigenvalue weighted by molar-refractivity contribution is -0.146. The lowest BCUT2D eigenvalue weighted by atomic mass is 9.78. The normalized spacial score (nSPS) is 34.1. The molecule has 0 aliphatic heterocycles. The second-order valence-electron chi connectivity index (χ2n) is 7.29. The lowest BCUT2D eigenvalue weighted by Crippen LogP contribution is -2.40. The Hall–Kier alpha value is 0.300. The number of rotatable bonds is 8. The molecule has 2 aliphatic carbocycles. The van der Waals surface area contributed by atoms with Gasteiger partial charge in [-0.15, -0.1) is 11.6 Å². The van der Waals surface area contributed by atoms with Crippen LogP contribution in [0, 0.1) is 23.2 Å². The summed E-state index contributed by atoms with van der Waals surface area (Å²) < 4.78 is 4.13. The zero-order valence-electron chi connectivity index (χ0n) is 13.4. The molecule has 0 heterocycles.